The van der Waals surface area contributed by atoms with Crippen LogP contribution < -0.4 is 57.6 Å². The molecule has 0 atom stereocenters. The van der Waals surface area contributed by atoms with Crippen LogP contribution in [0.2, 0.25) is 5.28 Å². The maximum absolute atomic E-state index is 8.25. The van der Waals surface area contributed by atoms with Gasteiger partial charge < -0.3 is 47.7 Å². The predicted octanol–water partition coefficient (Wildman–Crippen LogP) is -2.88. The Balaban J connectivity index is 0.000000575. The minimum atomic E-state index is 0. The Hall–Kier alpha value is -3.78. The third-order valence-electron chi connectivity index (χ3n) is 4.92. The number of aromatic nitrogens is 12. The van der Waals surface area contributed by atoms with Crippen LogP contribution in [0.5, 0.6) is 0 Å². The molecular weight excluding hydrogens is 591 g/mol. The maximum atomic E-state index is 8.25. The van der Waals surface area contributed by atoms with E-state index < -0.39 is 0 Å². The molecule has 228 valence electrons. The minimum absolute atomic E-state index is 0. The zero-order valence-electron chi connectivity index (χ0n) is 23.9. The van der Waals surface area contributed by atoms with E-state index in [2.05, 4.69) is 54.8 Å². The Morgan fingerprint density at radius 3 is 1.91 bits per heavy atom. The normalized spacial score (nSPS) is 9.58. The number of hydrogen-bond acceptors (Lipinski definition) is 15. The summed E-state index contributed by atoms with van der Waals surface area (Å²) in [6.45, 7) is 5.06. The van der Waals surface area contributed by atoms with Crippen LogP contribution in [0.1, 0.15) is 25.5 Å². The molecule has 0 aromatic carbocycles. The number of rotatable bonds is 3. The van der Waals surface area contributed by atoms with Gasteiger partial charge in [-0.15, -0.1) is 0 Å². The first-order valence-electron chi connectivity index (χ1n) is 11.8. The van der Waals surface area contributed by atoms with Crippen LogP contribution in [0, 0.1) is 13.8 Å². The van der Waals surface area contributed by atoms with Gasteiger partial charge in [0.05, 0.1) is 19.0 Å². The standard InChI is InChI=1S/C9H14N6.C6H7N5.C5H4ClN5.CH4O.CH3O.CH4.Na/c1-6-13-8(11)7-9(14-6)15(5-12-7)4-2-3-10;1-3-10-5(7)4-6(11-3)9-2-8-4;6-5-10-3(7)2-4(11-5)9-1-8-2;2*1-2;;/h5H,2-4,10H2,1H3,(H2,11,13,14);2H,1H3,(H3,7,8,9,10,11);1H,(H3,7,8,9,10,11);2H,1H3;1H3;1H4;/q;;;;-1;;+1. The fourth-order valence-corrected chi connectivity index (χ4v) is 3.47. The summed E-state index contributed by atoms with van der Waals surface area (Å²) in [7, 11) is 1.75. The van der Waals surface area contributed by atoms with Gasteiger partial charge in [-0.05, 0) is 38.4 Å². The van der Waals surface area contributed by atoms with Crippen molar-refractivity contribution < 1.29 is 39.8 Å². The molecule has 0 bridgehead atoms. The maximum Gasteiger partial charge on any atom is 1.00 e. The molecule has 18 nitrogen and oxygen atoms in total. The number of nitrogen functional groups attached to an aromatic ring is 3. The first-order valence-corrected chi connectivity index (χ1v) is 12.2. The van der Waals surface area contributed by atoms with Gasteiger partial charge in [0, 0.05) is 13.7 Å². The smallest absolute Gasteiger partial charge is 0.857 e. The van der Waals surface area contributed by atoms with Gasteiger partial charge in [0.2, 0.25) is 5.28 Å². The molecule has 0 fully saturated rings. The van der Waals surface area contributed by atoms with Gasteiger partial charge in [0.25, 0.3) is 0 Å². The van der Waals surface area contributed by atoms with Crippen LogP contribution in [-0.2, 0) is 6.54 Å². The van der Waals surface area contributed by atoms with Crippen LogP contribution in [0.3, 0.4) is 0 Å². The summed E-state index contributed by atoms with van der Waals surface area (Å²) >= 11 is 5.52. The van der Waals surface area contributed by atoms with E-state index in [1.807, 2.05) is 11.5 Å². The number of hydrogen-bond donors (Lipinski definition) is 7. The summed E-state index contributed by atoms with van der Waals surface area (Å²) < 4.78 is 1.95. The van der Waals surface area contributed by atoms with Crippen molar-refractivity contribution >= 4 is 62.5 Å². The summed E-state index contributed by atoms with van der Waals surface area (Å²) in [5, 5.41) is 15.4. The van der Waals surface area contributed by atoms with E-state index in [0.29, 0.717) is 63.5 Å². The summed E-state index contributed by atoms with van der Waals surface area (Å²) in [6.07, 6.45) is 5.67. The molecule has 20 heteroatoms. The molecule has 0 saturated heterocycles. The summed E-state index contributed by atoms with van der Waals surface area (Å²) in [5.74, 6) is 2.50. The Morgan fingerprint density at radius 1 is 0.814 bits per heavy atom. The molecule has 43 heavy (non-hydrogen) atoms. The molecule has 0 saturated carbocycles. The average Bonchev–Trinajstić information content (AvgIpc) is 3.71. The summed E-state index contributed by atoms with van der Waals surface area (Å²) in [5.41, 5.74) is 26.2. The molecule has 6 aromatic rings. The molecular formula is C23H36ClN16NaO2. The topological polar surface area (TPSA) is 300 Å². The van der Waals surface area contributed by atoms with Gasteiger partial charge in [-0.2, -0.15) is 17.1 Å². The van der Waals surface area contributed by atoms with E-state index in [9.17, 15) is 0 Å². The summed E-state index contributed by atoms with van der Waals surface area (Å²) in [4.78, 5) is 41.6. The number of halogens is 1. The van der Waals surface area contributed by atoms with Crippen molar-refractivity contribution in [3.05, 3.63) is 35.9 Å². The molecule has 0 radical (unpaired) electrons. The minimum Gasteiger partial charge on any atom is -0.857 e. The number of aromatic amines is 2. The Kier molecular flexibility index (Phi) is 17.7. The Bertz CT molecular complexity index is 1590. The van der Waals surface area contributed by atoms with Gasteiger partial charge >= 0.3 is 29.6 Å². The second-order valence-corrected chi connectivity index (χ2v) is 7.98. The number of nitrogens with zero attached hydrogens (tertiary/aromatic N) is 10. The number of aryl methyl sites for hydroxylation is 3. The number of anilines is 3. The second-order valence-electron chi connectivity index (χ2n) is 7.64. The molecule has 0 aliphatic rings. The Labute approximate surface area is 274 Å². The van der Waals surface area contributed by atoms with Crippen LogP contribution in [0.4, 0.5) is 17.5 Å². The fraction of sp³-hybridized carbons (Fsp3) is 0.348. The second kappa shape index (κ2) is 19.4. The quantitative estimate of drug-likeness (QED) is 0.0766. The van der Waals surface area contributed by atoms with Gasteiger partial charge in [-0.25, -0.2) is 34.9 Å². The van der Waals surface area contributed by atoms with E-state index in [1.54, 1.807) is 19.6 Å². The van der Waals surface area contributed by atoms with E-state index >= 15 is 0 Å². The van der Waals surface area contributed by atoms with Crippen molar-refractivity contribution in [1.82, 2.24) is 59.4 Å². The van der Waals surface area contributed by atoms with E-state index in [0.717, 1.165) is 32.8 Å². The van der Waals surface area contributed by atoms with E-state index in [1.165, 1.54) is 6.33 Å². The van der Waals surface area contributed by atoms with Gasteiger partial charge in [-0.3, -0.25) is 0 Å². The fourth-order valence-electron chi connectivity index (χ4n) is 3.30. The molecule has 0 aliphatic heterocycles. The number of fused-ring (bicyclic) bond motifs is 3. The van der Waals surface area contributed by atoms with Crippen molar-refractivity contribution in [2.24, 2.45) is 5.73 Å². The number of imidazole rings is 3. The Morgan fingerprint density at radius 2 is 1.33 bits per heavy atom. The first kappa shape index (κ1) is 39.2. The zero-order chi connectivity index (χ0) is 30.5. The van der Waals surface area contributed by atoms with Gasteiger partial charge in [-0.1, -0.05) is 7.43 Å². The van der Waals surface area contributed by atoms with Crippen LogP contribution >= 0.6 is 11.6 Å². The van der Waals surface area contributed by atoms with Crippen molar-refractivity contribution in [2.45, 2.75) is 34.2 Å². The third kappa shape index (κ3) is 10.5. The van der Waals surface area contributed by atoms with Crippen molar-refractivity contribution in [1.29, 1.82) is 0 Å². The number of nitrogens with one attached hydrogen (secondary N) is 2. The number of nitrogens with two attached hydrogens (primary N) is 4. The van der Waals surface area contributed by atoms with Crippen LogP contribution in [0.25, 0.3) is 33.5 Å². The third-order valence-corrected chi connectivity index (χ3v) is 5.09. The first-order chi connectivity index (χ1) is 19.8. The number of H-pyrrole nitrogens is 2. The SMILES string of the molecule is C.CO.C[O-].Cc1nc(N)c2[nH]cnc2n1.Cc1nc(N)c2ncn(CCCN)c2n1.Nc1nc(Cl)nc2nc[nH]c12.[Na+]. The van der Waals surface area contributed by atoms with Crippen LogP contribution in [0.15, 0.2) is 19.0 Å². The average molecular weight is 627 g/mol. The van der Waals surface area contributed by atoms with Crippen molar-refractivity contribution in [3.8, 4) is 0 Å². The molecule has 11 N–H and O–H groups in total. The van der Waals surface area contributed by atoms with E-state index in [-0.39, 0.29) is 42.3 Å². The zero-order valence-corrected chi connectivity index (χ0v) is 26.6. The molecule has 0 aliphatic carbocycles. The van der Waals surface area contributed by atoms with Gasteiger partial charge in [0.1, 0.15) is 28.2 Å². The predicted molar refractivity (Wildman–Crippen MR) is 161 cm³/mol. The molecule has 6 aromatic heterocycles. The van der Waals surface area contributed by atoms with Crippen molar-refractivity contribution in [3.63, 3.8) is 0 Å². The monoisotopic (exact) mass is 626 g/mol. The van der Waals surface area contributed by atoms with E-state index in [4.69, 9.17) is 44.7 Å². The summed E-state index contributed by atoms with van der Waals surface area (Å²) in [6, 6.07) is 0. The largest absolute Gasteiger partial charge is 1.00 e. The van der Waals surface area contributed by atoms with Crippen LogP contribution in [-0.4, -0.2) is 85.3 Å². The number of aliphatic hydroxyl groups excluding tert-OH is 1. The number of aliphatic hydroxyl groups is 1. The van der Waals surface area contributed by atoms with Crippen molar-refractivity contribution in [2.75, 3.05) is 38.0 Å². The molecule has 0 unspecified atom stereocenters. The molecule has 6 rings (SSSR count). The molecule has 0 spiro atoms. The molecule has 0 amide bonds. The van der Waals surface area contributed by atoms with Gasteiger partial charge in [0.15, 0.2) is 34.4 Å². The molecule has 6 heterocycles.